The van der Waals surface area contributed by atoms with Gasteiger partial charge in [-0.2, -0.15) is 0 Å². The topological polar surface area (TPSA) is 55.8 Å². The van der Waals surface area contributed by atoms with Gasteiger partial charge in [0.2, 0.25) is 0 Å². The maximum absolute atomic E-state index is 12.0. The maximum Gasteiger partial charge on any atom is 0.416 e. The Kier molecular flexibility index (Phi) is 3.79. The molecule has 0 N–H and O–H groups in total. The standard InChI is InChI=1S/C15H17NO4/c1-15(2)12(9-13(17)19-3)20-14(18)16(15)10-11-7-5-4-6-8-11/h4-9H,10H2,1-3H3/b12-9+. The SMILES string of the molecule is COC(=O)/C=C1/OC(=O)N(Cc2ccccc2)C1(C)C. The minimum Gasteiger partial charge on any atom is -0.466 e. The first-order valence-corrected chi connectivity index (χ1v) is 6.28. The minimum absolute atomic E-state index is 0.297. The van der Waals surface area contributed by atoms with E-state index in [0.717, 1.165) is 5.56 Å². The average molecular weight is 275 g/mol. The van der Waals surface area contributed by atoms with Gasteiger partial charge in [-0.25, -0.2) is 9.59 Å². The molecule has 1 aliphatic rings. The number of esters is 1. The minimum atomic E-state index is -0.693. The summed E-state index contributed by atoms with van der Waals surface area (Å²) < 4.78 is 9.75. The van der Waals surface area contributed by atoms with Crippen LogP contribution in [0.2, 0.25) is 0 Å². The van der Waals surface area contributed by atoms with Crippen LogP contribution in [0.5, 0.6) is 0 Å². The quantitative estimate of drug-likeness (QED) is 0.628. The zero-order valence-corrected chi connectivity index (χ0v) is 11.8. The summed E-state index contributed by atoms with van der Waals surface area (Å²) in [7, 11) is 1.28. The fourth-order valence-electron chi connectivity index (χ4n) is 2.04. The Morgan fingerprint density at radius 1 is 1.35 bits per heavy atom. The first-order chi connectivity index (χ1) is 9.45. The van der Waals surface area contributed by atoms with Crippen LogP contribution in [0.15, 0.2) is 42.2 Å². The Morgan fingerprint density at radius 2 is 2.00 bits per heavy atom. The third kappa shape index (κ3) is 2.66. The smallest absolute Gasteiger partial charge is 0.416 e. The van der Waals surface area contributed by atoms with Gasteiger partial charge in [-0.15, -0.1) is 0 Å². The van der Waals surface area contributed by atoms with Crippen LogP contribution >= 0.6 is 0 Å². The number of methoxy groups -OCH3 is 1. The third-order valence-corrected chi connectivity index (χ3v) is 3.33. The Morgan fingerprint density at radius 3 is 2.60 bits per heavy atom. The Labute approximate surface area is 117 Å². The van der Waals surface area contributed by atoms with E-state index in [1.54, 1.807) is 4.90 Å². The summed E-state index contributed by atoms with van der Waals surface area (Å²) in [6.45, 7) is 4.08. The molecule has 1 heterocycles. The molecule has 0 aliphatic carbocycles. The fraction of sp³-hybridized carbons (Fsp3) is 0.333. The summed E-state index contributed by atoms with van der Waals surface area (Å²) in [5, 5.41) is 0. The second-order valence-electron chi connectivity index (χ2n) is 5.03. The van der Waals surface area contributed by atoms with Crippen LogP contribution < -0.4 is 0 Å². The summed E-state index contributed by atoms with van der Waals surface area (Å²) in [5.74, 6) is -0.243. The van der Waals surface area contributed by atoms with Crippen molar-refractivity contribution in [1.29, 1.82) is 0 Å². The van der Waals surface area contributed by atoms with Crippen LogP contribution in [0.25, 0.3) is 0 Å². The summed E-state index contributed by atoms with van der Waals surface area (Å²) >= 11 is 0. The number of hydrogen-bond donors (Lipinski definition) is 0. The molecule has 0 saturated carbocycles. The largest absolute Gasteiger partial charge is 0.466 e. The molecule has 0 bridgehead atoms. The van der Waals surface area contributed by atoms with Crippen molar-refractivity contribution in [2.24, 2.45) is 0 Å². The number of carbonyl (C=O) groups is 2. The van der Waals surface area contributed by atoms with Crippen molar-refractivity contribution in [2.45, 2.75) is 25.9 Å². The molecular formula is C15H17NO4. The second-order valence-corrected chi connectivity index (χ2v) is 5.03. The van der Waals surface area contributed by atoms with E-state index in [2.05, 4.69) is 4.74 Å². The van der Waals surface area contributed by atoms with Crippen LogP contribution in [0, 0.1) is 0 Å². The molecule has 1 saturated heterocycles. The predicted octanol–water partition coefficient (Wildman–Crippen LogP) is 2.47. The molecule has 0 radical (unpaired) electrons. The van der Waals surface area contributed by atoms with Crippen molar-refractivity contribution in [3.63, 3.8) is 0 Å². The fourth-order valence-corrected chi connectivity index (χ4v) is 2.04. The van der Waals surface area contributed by atoms with E-state index < -0.39 is 17.6 Å². The molecule has 0 aromatic heterocycles. The van der Waals surface area contributed by atoms with E-state index in [-0.39, 0.29) is 0 Å². The van der Waals surface area contributed by atoms with E-state index in [0.29, 0.717) is 12.3 Å². The zero-order chi connectivity index (χ0) is 14.8. The van der Waals surface area contributed by atoms with E-state index >= 15 is 0 Å². The monoisotopic (exact) mass is 275 g/mol. The van der Waals surface area contributed by atoms with Crippen LogP contribution in [0.3, 0.4) is 0 Å². The van der Waals surface area contributed by atoms with Gasteiger partial charge < -0.3 is 9.47 Å². The van der Waals surface area contributed by atoms with E-state index in [9.17, 15) is 9.59 Å². The van der Waals surface area contributed by atoms with Crippen molar-refractivity contribution in [1.82, 2.24) is 4.90 Å². The van der Waals surface area contributed by atoms with Gasteiger partial charge in [0.15, 0.2) is 0 Å². The lowest BCUT2D eigenvalue weighted by Crippen LogP contribution is -2.40. The normalized spacial score (nSPS) is 19.1. The van der Waals surface area contributed by atoms with Crippen molar-refractivity contribution < 1.29 is 19.1 Å². The Balaban J connectivity index is 2.24. The number of rotatable bonds is 3. The molecule has 1 fully saturated rings. The molecule has 0 atom stereocenters. The number of nitrogens with zero attached hydrogens (tertiary/aromatic N) is 1. The Bertz CT molecular complexity index is 548. The van der Waals surface area contributed by atoms with Gasteiger partial charge in [0.1, 0.15) is 5.76 Å². The number of hydrogen-bond acceptors (Lipinski definition) is 4. The molecule has 0 spiro atoms. The summed E-state index contributed by atoms with van der Waals surface area (Å²) in [6.07, 6.45) is 0.747. The molecule has 1 aliphatic heterocycles. The van der Waals surface area contributed by atoms with Crippen molar-refractivity contribution in [3.8, 4) is 0 Å². The van der Waals surface area contributed by atoms with Crippen molar-refractivity contribution in [2.75, 3.05) is 7.11 Å². The summed E-state index contributed by atoms with van der Waals surface area (Å²) in [6, 6.07) is 9.61. The Hall–Kier alpha value is -2.30. The number of benzene rings is 1. The maximum atomic E-state index is 12.0. The van der Waals surface area contributed by atoms with E-state index in [4.69, 9.17) is 4.74 Å². The lowest BCUT2D eigenvalue weighted by molar-refractivity contribution is -0.135. The van der Waals surface area contributed by atoms with Crippen molar-refractivity contribution >= 4 is 12.1 Å². The van der Waals surface area contributed by atoms with Gasteiger partial charge >= 0.3 is 12.1 Å². The predicted molar refractivity (Wildman–Crippen MR) is 72.6 cm³/mol. The number of amides is 1. The molecule has 5 nitrogen and oxygen atoms in total. The first kappa shape index (κ1) is 14.1. The molecule has 20 heavy (non-hydrogen) atoms. The first-order valence-electron chi connectivity index (χ1n) is 6.28. The molecular weight excluding hydrogens is 258 g/mol. The summed E-state index contributed by atoms with van der Waals surface area (Å²) in [4.78, 5) is 24.9. The highest BCUT2D eigenvalue weighted by Gasteiger charge is 2.45. The zero-order valence-electron chi connectivity index (χ0n) is 11.8. The molecule has 5 heteroatoms. The van der Waals surface area contributed by atoms with Gasteiger partial charge in [-0.1, -0.05) is 30.3 Å². The van der Waals surface area contributed by atoms with Gasteiger partial charge in [0.25, 0.3) is 0 Å². The lowest BCUT2D eigenvalue weighted by Gasteiger charge is -2.28. The molecule has 0 unspecified atom stereocenters. The second kappa shape index (κ2) is 5.36. The van der Waals surface area contributed by atoms with Gasteiger partial charge in [-0.05, 0) is 19.4 Å². The van der Waals surface area contributed by atoms with Crippen molar-refractivity contribution in [3.05, 3.63) is 47.7 Å². The van der Waals surface area contributed by atoms with Crippen LogP contribution in [0.4, 0.5) is 4.79 Å². The molecule has 1 aromatic carbocycles. The van der Waals surface area contributed by atoms with E-state index in [1.165, 1.54) is 13.2 Å². The molecule has 1 amide bonds. The average Bonchev–Trinajstić information content (AvgIpc) is 2.63. The number of ether oxygens (including phenoxy) is 2. The molecule has 1 aromatic rings. The number of carbonyl (C=O) groups excluding carboxylic acids is 2. The van der Waals surface area contributed by atoms with Gasteiger partial charge in [0, 0.05) is 0 Å². The van der Waals surface area contributed by atoms with Crippen LogP contribution in [-0.4, -0.2) is 29.6 Å². The van der Waals surface area contributed by atoms with Gasteiger partial charge in [-0.3, -0.25) is 4.90 Å². The van der Waals surface area contributed by atoms with E-state index in [1.807, 2.05) is 44.2 Å². The number of cyclic esters (lactones) is 1. The van der Waals surface area contributed by atoms with Crippen LogP contribution in [-0.2, 0) is 20.8 Å². The van der Waals surface area contributed by atoms with Crippen LogP contribution in [0.1, 0.15) is 19.4 Å². The van der Waals surface area contributed by atoms with Gasteiger partial charge in [0.05, 0.1) is 25.3 Å². The highest BCUT2D eigenvalue weighted by molar-refractivity contribution is 5.85. The highest BCUT2D eigenvalue weighted by atomic mass is 16.6. The third-order valence-electron chi connectivity index (χ3n) is 3.33. The summed E-state index contributed by atoms with van der Waals surface area (Å²) in [5.41, 5.74) is 0.304. The molecule has 2 rings (SSSR count). The lowest BCUT2D eigenvalue weighted by atomic mass is 10.0. The molecule has 106 valence electrons. The highest BCUT2D eigenvalue weighted by Crippen LogP contribution is 2.34.